The summed E-state index contributed by atoms with van der Waals surface area (Å²) in [5.74, 6) is -0.590. The van der Waals surface area contributed by atoms with Crippen molar-refractivity contribution in [2.75, 3.05) is 6.61 Å². The fourth-order valence-electron chi connectivity index (χ4n) is 6.62. The van der Waals surface area contributed by atoms with E-state index in [9.17, 15) is 24.6 Å². The average Bonchev–Trinajstić information content (AvgIpc) is 2.86. The standard InChI is InChI=1S/C21H26O5/c1-19-7-5-13(23)9-12(19)3-4-14-15-6-8-21(26,17(25)11-22)20(15,2)10-16(24)18(14)19/h5,7,9,14-15,18,22,26H,3-4,6,8,10-11H2,1-2H3/t14?,15?,18?,19-,20-,21-/m0/s1. The summed E-state index contributed by atoms with van der Waals surface area (Å²) < 4.78 is 0. The molecule has 0 bridgehead atoms. The number of hydrogen-bond donors (Lipinski definition) is 2. The van der Waals surface area contributed by atoms with Crippen LogP contribution in [0.4, 0.5) is 0 Å². The zero-order valence-corrected chi connectivity index (χ0v) is 15.3. The topological polar surface area (TPSA) is 91.7 Å². The molecule has 0 heterocycles. The second-order valence-electron chi connectivity index (χ2n) is 9.02. The summed E-state index contributed by atoms with van der Waals surface area (Å²) in [5.41, 5.74) is -1.86. The van der Waals surface area contributed by atoms with Gasteiger partial charge in [0.25, 0.3) is 0 Å². The van der Waals surface area contributed by atoms with Gasteiger partial charge in [0.2, 0.25) is 0 Å². The lowest BCUT2D eigenvalue weighted by Crippen LogP contribution is -2.60. The van der Waals surface area contributed by atoms with E-state index in [2.05, 4.69) is 0 Å². The maximum atomic E-state index is 13.3. The van der Waals surface area contributed by atoms with Crippen molar-refractivity contribution in [2.24, 2.45) is 28.6 Å². The SMILES string of the molecule is C[C@]12C=CC(=O)C=C1CCC1C2C(=O)C[C@@]2(C)C1CC[C@]2(O)C(=O)CO. The van der Waals surface area contributed by atoms with Gasteiger partial charge < -0.3 is 10.2 Å². The molecule has 0 aromatic heterocycles. The highest BCUT2D eigenvalue weighted by atomic mass is 16.3. The first-order valence-corrected chi connectivity index (χ1v) is 9.51. The van der Waals surface area contributed by atoms with Crippen molar-refractivity contribution >= 4 is 17.3 Å². The Labute approximate surface area is 153 Å². The van der Waals surface area contributed by atoms with Crippen LogP contribution in [0.1, 0.15) is 46.0 Å². The van der Waals surface area contributed by atoms with Crippen molar-refractivity contribution in [1.29, 1.82) is 0 Å². The number of fused-ring (bicyclic) bond motifs is 5. The zero-order valence-electron chi connectivity index (χ0n) is 15.3. The van der Waals surface area contributed by atoms with E-state index in [-0.39, 0.29) is 35.7 Å². The van der Waals surface area contributed by atoms with Crippen molar-refractivity contribution in [3.63, 3.8) is 0 Å². The molecular weight excluding hydrogens is 332 g/mol. The molecular formula is C21H26O5. The van der Waals surface area contributed by atoms with Crippen LogP contribution in [0.5, 0.6) is 0 Å². The van der Waals surface area contributed by atoms with Crippen LogP contribution in [0.15, 0.2) is 23.8 Å². The van der Waals surface area contributed by atoms with Crippen LogP contribution < -0.4 is 0 Å². The van der Waals surface area contributed by atoms with Crippen molar-refractivity contribution < 1.29 is 24.6 Å². The maximum Gasteiger partial charge on any atom is 0.190 e. The summed E-state index contributed by atoms with van der Waals surface area (Å²) in [5, 5.41) is 20.5. The van der Waals surface area contributed by atoms with E-state index in [1.807, 2.05) is 19.9 Å². The second-order valence-corrected chi connectivity index (χ2v) is 9.02. The third-order valence-corrected chi connectivity index (χ3v) is 8.01. The number of ketones is 3. The van der Waals surface area contributed by atoms with Crippen LogP contribution >= 0.6 is 0 Å². The molecule has 4 rings (SSSR count). The molecule has 3 saturated carbocycles. The zero-order chi connectivity index (χ0) is 18.9. The minimum absolute atomic E-state index is 0.0206. The molecule has 2 N–H and O–H groups in total. The third kappa shape index (κ3) is 2.01. The highest BCUT2D eigenvalue weighted by Crippen LogP contribution is 2.66. The summed E-state index contributed by atoms with van der Waals surface area (Å²) in [4.78, 5) is 37.4. The van der Waals surface area contributed by atoms with E-state index in [1.54, 1.807) is 12.2 Å². The fourth-order valence-corrected chi connectivity index (χ4v) is 6.62. The Bertz CT molecular complexity index is 764. The van der Waals surface area contributed by atoms with Gasteiger partial charge in [0.1, 0.15) is 18.0 Å². The predicted molar refractivity (Wildman–Crippen MR) is 94.0 cm³/mol. The summed E-state index contributed by atoms with van der Waals surface area (Å²) in [7, 11) is 0. The molecule has 0 radical (unpaired) electrons. The molecule has 0 aromatic rings. The van der Waals surface area contributed by atoms with Gasteiger partial charge in [0.05, 0.1) is 0 Å². The average molecular weight is 358 g/mol. The van der Waals surface area contributed by atoms with Gasteiger partial charge in [-0.2, -0.15) is 0 Å². The molecule has 0 amide bonds. The number of aliphatic hydroxyl groups excluding tert-OH is 1. The van der Waals surface area contributed by atoms with Gasteiger partial charge in [0, 0.05) is 23.2 Å². The van der Waals surface area contributed by atoms with E-state index in [0.29, 0.717) is 12.8 Å². The van der Waals surface area contributed by atoms with Gasteiger partial charge in [-0.25, -0.2) is 0 Å². The maximum absolute atomic E-state index is 13.3. The molecule has 3 unspecified atom stereocenters. The van der Waals surface area contributed by atoms with Crippen molar-refractivity contribution in [2.45, 2.75) is 51.6 Å². The Morgan fingerprint density at radius 2 is 2.00 bits per heavy atom. The number of carbonyl (C=O) groups excluding carboxylic acids is 3. The molecule has 5 nitrogen and oxygen atoms in total. The summed E-state index contributed by atoms with van der Waals surface area (Å²) in [6.07, 6.45) is 7.82. The lowest BCUT2D eigenvalue weighted by molar-refractivity contribution is -0.168. The molecule has 0 spiro atoms. The van der Waals surface area contributed by atoms with Crippen LogP contribution in [0, 0.1) is 28.6 Å². The Morgan fingerprint density at radius 1 is 1.27 bits per heavy atom. The first kappa shape index (κ1) is 17.8. The Hall–Kier alpha value is -1.59. The van der Waals surface area contributed by atoms with Crippen LogP contribution in [0.3, 0.4) is 0 Å². The molecule has 4 aliphatic rings. The van der Waals surface area contributed by atoms with Crippen LogP contribution in [-0.4, -0.2) is 39.8 Å². The van der Waals surface area contributed by atoms with E-state index in [4.69, 9.17) is 0 Å². The van der Waals surface area contributed by atoms with Crippen molar-refractivity contribution in [1.82, 2.24) is 0 Å². The normalized spacial score (nSPS) is 47.1. The Morgan fingerprint density at radius 3 is 2.69 bits per heavy atom. The van der Waals surface area contributed by atoms with Gasteiger partial charge in [-0.15, -0.1) is 0 Å². The second kappa shape index (κ2) is 5.46. The lowest BCUT2D eigenvalue weighted by Gasteiger charge is -2.56. The molecule has 6 atom stereocenters. The number of carbonyl (C=O) groups is 3. The number of hydrogen-bond acceptors (Lipinski definition) is 5. The summed E-state index contributed by atoms with van der Waals surface area (Å²) in [6, 6.07) is 0. The molecule has 5 heteroatoms. The summed E-state index contributed by atoms with van der Waals surface area (Å²) >= 11 is 0. The van der Waals surface area contributed by atoms with Gasteiger partial charge >= 0.3 is 0 Å². The Kier molecular flexibility index (Phi) is 3.74. The predicted octanol–water partition coefficient (Wildman–Crippen LogP) is 1.77. The Balaban J connectivity index is 1.76. The highest BCUT2D eigenvalue weighted by molar-refractivity contribution is 6.02. The molecule has 26 heavy (non-hydrogen) atoms. The molecule has 4 aliphatic carbocycles. The molecule has 0 aromatic carbocycles. The first-order valence-electron chi connectivity index (χ1n) is 9.51. The molecule has 3 fully saturated rings. The minimum Gasteiger partial charge on any atom is -0.388 e. The van der Waals surface area contributed by atoms with Crippen molar-refractivity contribution in [3.05, 3.63) is 23.8 Å². The highest BCUT2D eigenvalue weighted by Gasteiger charge is 2.68. The van der Waals surface area contributed by atoms with E-state index < -0.39 is 28.8 Å². The number of Topliss-reactive ketones (excluding diaryl/α,β-unsaturated/α-hetero) is 2. The van der Waals surface area contributed by atoms with E-state index in [0.717, 1.165) is 18.4 Å². The number of allylic oxidation sites excluding steroid dienone is 4. The van der Waals surface area contributed by atoms with Gasteiger partial charge in [0.15, 0.2) is 11.6 Å². The van der Waals surface area contributed by atoms with Gasteiger partial charge in [-0.3, -0.25) is 14.4 Å². The monoisotopic (exact) mass is 358 g/mol. The molecule has 0 aliphatic heterocycles. The van der Waals surface area contributed by atoms with Crippen LogP contribution in [-0.2, 0) is 14.4 Å². The minimum atomic E-state index is -1.62. The van der Waals surface area contributed by atoms with E-state index in [1.165, 1.54) is 0 Å². The van der Waals surface area contributed by atoms with E-state index >= 15 is 0 Å². The first-order chi connectivity index (χ1) is 12.2. The summed E-state index contributed by atoms with van der Waals surface area (Å²) in [6.45, 7) is 3.19. The van der Waals surface area contributed by atoms with Crippen molar-refractivity contribution in [3.8, 4) is 0 Å². The van der Waals surface area contributed by atoms with Gasteiger partial charge in [-0.1, -0.05) is 25.5 Å². The largest absolute Gasteiger partial charge is 0.388 e. The smallest absolute Gasteiger partial charge is 0.190 e. The molecule has 140 valence electrons. The molecule has 0 saturated heterocycles. The quantitative estimate of drug-likeness (QED) is 0.785. The fraction of sp³-hybridized carbons (Fsp3) is 0.667. The lowest BCUT2D eigenvalue weighted by atomic mass is 9.46. The third-order valence-electron chi connectivity index (χ3n) is 8.01. The van der Waals surface area contributed by atoms with Crippen LogP contribution in [0.25, 0.3) is 0 Å². The van der Waals surface area contributed by atoms with Crippen LogP contribution in [0.2, 0.25) is 0 Å². The van der Waals surface area contributed by atoms with Gasteiger partial charge in [-0.05, 0) is 49.7 Å². The number of aliphatic hydroxyl groups is 2. The number of rotatable bonds is 2.